The van der Waals surface area contributed by atoms with Gasteiger partial charge in [0, 0.05) is 19.2 Å². The summed E-state index contributed by atoms with van der Waals surface area (Å²) in [6, 6.07) is 0. The van der Waals surface area contributed by atoms with Crippen LogP contribution in [0.2, 0.25) is 10.0 Å². The zero-order chi connectivity index (χ0) is 17.9. The van der Waals surface area contributed by atoms with Crippen molar-refractivity contribution in [2.24, 2.45) is 0 Å². The highest BCUT2D eigenvalue weighted by atomic mass is 35.5. The van der Waals surface area contributed by atoms with Gasteiger partial charge < -0.3 is 15.1 Å². The van der Waals surface area contributed by atoms with E-state index in [-0.39, 0.29) is 22.5 Å². The molecule has 1 aliphatic heterocycles. The van der Waals surface area contributed by atoms with E-state index in [0.717, 1.165) is 5.57 Å². The van der Waals surface area contributed by atoms with Crippen LogP contribution in [0.25, 0.3) is 0 Å². The van der Waals surface area contributed by atoms with Crippen LogP contribution < -0.4 is 0 Å². The second kappa shape index (κ2) is 7.60. The summed E-state index contributed by atoms with van der Waals surface area (Å²) in [4.78, 5) is 13.9. The summed E-state index contributed by atoms with van der Waals surface area (Å²) in [6.07, 6.45) is 8.50. The number of benzene rings is 1. The molecule has 126 valence electrons. The maximum Gasteiger partial charge on any atom is 0.246 e. The number of carbonyl (C=O) groups excluding carboxylic acids is 1. The van der Waals surface area contributed by atoms with Crippen LogP contribution in [-0.2, 0) is 17.8 Å². The molecular weight excluding hydrogens is 349 g/mol. The van der Waals surface area contributed by atoms with Gasteiger partial charge in [0.15, 0.2) is 11.5 Å². The van der Waals surface area contributed by atoms with Crippen LogP contribution in [0.15, 0.2) is 49.1 Å². The quantitative estimate of drug-likeness (QED) is 0.478. The molecule has 1 heterocycles. The van der Waals surface area contributed by atoms with Crippen LogP contribution in [0.1, 0.15) is 11.1 Å². The molecule has 0 fully saturated rings. The number of allylic oxidation sites excluding steroid dienone is 5. The van der Waals surface area contributed by atoms with Gasteiger partial charge in [-0.15, -0.1) is 0 Å². The lowest BCUT2D eigenvalue weighted by Gasteiger charge is -2.30. The molecule has 0 spiro atoms. The van der Waals surface area contributed by atoms with E-state index in [1.54, 1.807) is 29.2 Å². The molecule has 0 aliphatic carbocycles. The molecule has 0 radical (unpaired) electrons. The second-order valence-electron chi connectivity index (χ2n) is 5.23. The van der Waals surface area contributed by atoms with Crippen LogP contribution in [0.4, 0.5) is 0 Å². The fraction of sp³-hybridized carbons (Fsp3) is 0.167. The van der Waals surface area contributed by atoms with Crippen LogP contribution >= 0.6 is 23.2 Å². The Morgan fingerprint density at radius 1 is 1.08 bits per heavy atom. The lowest BCUT2D eigenvalue weighted by Crippen LogP contribution is -2.35. The van der Waals surface area contributed by atoms with Crippen molar-refractivity contribution in [2.45, 2.75) is 13.0 Å². The van der Waals surface area contributed by atoms with E-state index in [1.807, 2.05) is 0 Å². The summed E-state index contributed by atoms with van der Waals surface area (Å²) in [5, 5.41) is 19.7. The fourth-order valence-corrected chi connectivity index (χ4v) is 3.05. The van der Waals surface area contributed by atoms with Gasteiger partial charge in [-0.05, 0) is 29.2 Å². The number of phenolic OH excluding ortho intramolecular Hbond substituents is 2. The summed E-state index contributed by atoms with van der Waals surface area (Å²) in [5.74, 6) is -1.09. The number of hydrogen-bond donors (Lipinski definition) is 2. The average molecular weight is 366 g/mol. The minimum absolute atomic E-state index is 0.0201. The summed E-state index contributed by atoms with van der Waals surface area (Å²) < 4.78 is 0. The number of fused-ring (bicyclic) bond motifs is 1. The monoisotopic (exact) mass is 365 g/mol. The highest BCUT2D eigenvalue weighted by Gasteiger charge is 2.27. The zero-order valence-electron chi connectivity index (χ0n) is 12.9. The highest BCUT2D eigenvalue weighted by Crippen LogP contribution is 2.46. The molecule has 1 aromatic rings. The molecule has 1 aliphatic rings. The first-order chi connectivity index (χ1) is 11.4. The van der Waals surface area contributed by atoms with Crippen LogP contribution in [0, 0.1) is 0 Å². The molecule has 1 aromatic carbocycles. The predicted molar refractivity (Wildman–Crippen MR) is 96.5 cm³/mol. The minimum atomic E-state index is -0.465. The van der Waals surface area contributed by atoms with Gasteiger partial charge in [-0.3, -0.25) is 4.79 Å². The average Bonchev–Trinajstić information content (AvgIpc) is 2.60. The van der Waals surface area contributed by atoms with Crippen molar-refractivity contribution in [1.29, 1.82) is 0 Å². The Bertz CT molecular complexity index is 766. The van der Waals surface area contributed by atoms with Crippen molar-refractivity contribution in [2.75, 3.05) is 6.54 Å². The van der Waals surface area contributed by atoms with Crippen molar-refractivity contribution in [3.05, 3.63) is 70.3 Å². The molecule has 0 saturated heterocycles. The van der Waals surface area contributed by atoms with Crippen molar-refractivity contribution in [1.82, 2.24) is 4.90 Å². The van der Waals surface area contributed by atoms with Crippen LogP contribution in [-0.4, -0.2) is 27.6 Å². The third kappa shape index (κ3) is 3.50. The van der Waals surface area contributed by atoms with Crippen LogP contribution in [0.5, 0.6) is 11.5 Å². The van der Waals surface area contributed by atoms with Gasteiger partial charge in [-0.2, -0.15) is 0 Å². The van der Waals surface area contributed by atoms with E-state index in [0.29, 0.717) is 24.1 Å². The number of hydrogen-bond acceptors (Lipinski definition) is 3. The van der Waals surface area contributed by atoms with E-state index >= 15 is 0 Å². The molecule has 0 saturated carbocycles. The Morgan fingerprint density at radius 2 is 1.71 bits per heavy atom. The van der Waals surface area contributed by atoms with Crippen molar-refractivity contribution < 1.29 is 15.0 Å². The Labute approximate surface area is 150 Å². The minimum Gasteiger partial charge on any atom is -0.503 e. The summed E-state index contributed by atoms with van der Waals surface area (Å²) in [5.41, 5.74) is 1.97. The maximum absolute atomic E-state index is 12.3. The van der Waals surface area contributed by atoms with Crippen LogP contribution in [0.3, 0.4) is 0 Å². The first-order valence-corrected chi connectivity index (χ1v) is 7.99. The fourth-order valence-electron chi connectivity index (χ4n) is 2.49. The van der Waals surface area contributed by atoms with Gasteiger partial charge in [0.1, 0.15) is 0 Å². The lowest BCUT2D eigenvalue weighted by molar-refractivity contribution is -0.126. The summed E-state index contributed by atoms with van der Waals surface area (Å²) >= 11 is 12.1. The van der Waals surface area contributed by atoms with E-state index < -0.39 is 11.5 Å². The number of aromatic hydroxyl groups is 2. The SMILES string of the molecule is C=C/C=C(C=C)/C=C/C(=O)N1CCc2c(Cl)c(O)c(O)c(Cl)c2C1. The molecule has 2 rings (SSSR count). The van der Waals surface area contributed by atoms with E-state index in [2.05, 4.69) is 13.2 Å². The van der Waals surface area contributed by atoms with Crippen molar-refractivity contribution in [3.8, 4) is 11.5 Å². The molecule has 0 atom stereocenters. The Morgan fingerprint density at radius 3 is 2.29 bits per heavy atom. The zero-order valence-corrected chi connectivity index (χ0v) is 14.4. The van der Waals surface area contributed by atoms with Crippen molar-refractivity contribution >= 4 is 29.1 Å². The number of halogens is 2. The van der Waals surface area contributed by atoms with Gasteiger partial charge in [-0.25, -0.2) is 0 Å². The number of rotatable bonds is 4. The smallest absolute Gasteiger partial charge is 0.246 e. The normalized spacial score (nSPS) is 14.6. The molecule has 24 heavy (non-hydrogen) atoms. The maximum atomic E-state index is 12.3. The highest BCUT2D eigenvalue weighted by molar-refractivity contribution is 6.36. The van der Waals surface area contributed by atoms with Gasteiger partial charge in [0.25, 0.3) is 0 Å². The number of phenols is 2. The van der Waals surface area contributed by atoms with Gasteiger partial charge in [0.2, 0.25) is 5.91 Å². The molecule has 0 aromatic heterocycles. The second-order valence-corrected chi connectivity index (χ2v) is 5.99. The molecule has 2 N–H and O–H groups in total. The third-order valence-electron chi connectivity index (χ3n) is 3.79. The Balaban J connectivity index is 2.26. The first kappa shape index (κ1) is 18.2. The molecule has 1 amide bonds. The third-order valence-corrected chi connectivity index (χ3v) is 4.61. The molecule has 4 nitrogen and oxygen atoms in total. The predicted octanol–water partition coefficient (Wildman–Crippen LogP) is 4.14. The Kier molecular flexibility index (Phi) is 5.75. The number of carbonyl (C=O) groups is 1. The molecular formula is C18H17Cl2NO3. The first-order valence-electron chi connectivity index (χ1n) is 7.23. The van der Waals surface area contributed by atoms with Gasteiger partial charge in [-0.1, -0.05) is 54.6 Å². The van der Waals surface area contributed by atoms with Gasteiger partial charge in [0.05, 0.1) is 10.0 Å². The molecule has 0 unspecified atom stereocenters. The standard InChI is InChI=1S/C18H17Cl2NO3/c1-3-5-11(4-2)6-7-14(22)21-9-8-12-13(10-21)16(20)18(24)17(23)15(12)19/h3-7,23-24H,1-2,8-10H2/b7-6+,11-5+. The summed E-state index contributed by atoms with van der Waals surface area (Å²) in [6.45, 7) is 7.91. The topological polar surface area (TPSA) is 60.8 Å². The van der Waals surface area contributed by atoms with E-state index in [1.165, 1.54) is 6.08 Å². The van der Waals surface area contributed by atoms with Gasteiger partial charge >= 0.3 is 0 Å². The molecule has 0 bridgehead atoms. The van der Waals surface area contributed by atoms with E-state index in [9.17, 15) is 15.0 Å². The molecule has 6 heteroatoms. The number of amides is 1. The van der Waals surface area contributed by atoms with E-state index in [4.69, 9.17) is 23.2 Å². The number of nitrogens with zero attached hydrogens (tertiary/aromatic N) is 1. The largest absolute Gasteiger partial charge is 0.503 e. The summed E-state index contributed by atoms with van der Waals surface area (Å²) in [7, 11) is 0. The lowest BCUT2D eigenvalue weighted by atomic mass is 9.98. The van der Waals surface area contributed by atoms with Crippen molar-refractivity contribution in [3.63, 3.8) is 0 Å². The Hall–Kier alpha value is -2.17.